The van der Waals surface area contributed by atoms with E-state index in [1.165, 1.54) is 0 Å². The summed E-state index contributed by atoms with van der Waals surface area (Å²) in [6.45, 7) is 0. The molecule has 98 valence electrons. The highest BCUT2D eigenvalue weighted by Gasteiger charge is 2.04. The zero-order chi connectivity index (χ0) is 13.7. The van der Waals surface area contributed by atoms with Gasteiger partial charge in [0.05, 0.1) is 0 Å². The molecule has 0 aliphatic heterocycles. The van der Waals surface area contributed by atoms with Gasteiger partial charge in [-0.3, -0.25) is 4.79 Å². The van der Waals surface area contributed by atoms with Crippen molar-refractivity contribution in [3.05, 3.63) is 59.1 Å². The molecule has 2 rings (SSSR count). The van der Waals surface area contributed by atoms with Crippen LogP contribution in [0.5, 0.6) is 0 Å². The lowest BCUT2D eigenvalue weighted by molar-refractivity contribution is -0.116. The van der Waals surface area contributed by atoms with E-state index in [9.17, 15) is 4.79 Å². The zero-order valence-corrected chi connectivity index (χ0v) is 11.2. The molecule has 2 aromatic rings. The number of aryl methyl sites for hydroxylation is 1. The number of benzene rings is 2. The van der Waals surface area contributed by atoms with Crippen LogP contribution in [-0.2, 0) is 11.2 Å². The highest BCUT2D eigenvalue weighted by atomic mass is 35.5. The van der Waals surface area contributed by atoms with Crippen molar-refractivity contribution in [1.82, 2.24) is 0 Å². The van der Waals surface area contributed by atoms with Crippen LogP contribution < -0.4 is 11.1 Å². The first-order valence-electron chi connectivity index (χ1n) is 6.04. The lowest BCUT2D eigenvalue weighted by Crippen LogP contribution is -2.12. The van der Waals surface area contributed by atoms with Crippen molar-refractivity contribution in [1.29, 1.82) is 0 Å². The van der Waals surface area contributed by atoms with E-state index in [0.29, 0.717) is 17.9 Å². The number of halogens is 1. The summed E-state index contributed by atoms with van der Waals surface area (Å²) in [7, 11) is 0. The van der Waals surface area contributed by atoms with Crippen LogP contribution >= 0.6 is 11.6 Å². The predicted octanol–water partition coefficient (Wildman–Crippen LogP) is 3.49. The van der Waals surface area contributed by atoms with Gasteiger partial charge in [-0.15, -0.1) is 0 Å². The second-order valence-corrected chi connectivity index (χ2v) is 4.69. The van der Waals surface area contributed by atoms with Gasteiger partial charge in [-0.2, -0.15) is 0 Å². The van der Waals surface area contributed by atoms with E-state index in [1.54, 1.807) is 24.3 Å². The average molecular weight is 275 g/mol. The molecule has 0 fully saturated rings. The number of rotatable bonds is 4. The molecule has 0 aliphatic carbocycles. The summed E-state index contributed by atoms with van der Waals surface area (Å²) in [5.74, 6) is -0.0365. The van der Waals surface area contributed by atoms with Gasteiger partial charge >= 0.3 is 0 Å². The van der Waals surface area contributed by atoms with E-state index >= 15 is 0 Å². The Kier molecular flexibility index (Phi) is 4.42. The first-order valence-corrected chi connectivity index (χ1v) is 6.42. The standard InChI is InChI=1S/C15H15ClN2O/c16-12-6-8-13(9-7-12)18-15(19)10-5-11-3-1-2-4-14(11)17/h1-4,6-9H,5,10,17H2,(H,18,19). The fourth-order valence-electron chi connectivity index (χ4n) is 1.77. The summed E-state index contributed by atoms with van der Waals surface area (Å²) < 4.78 is 0. The molecule has 0 spiro atoms. The average Bonchev–Trinajstić information content (AvgIpc) is 2.40. The van der Waals surface area contributed by atoms with Crippen molar-refractivity contribution in [2.45, 2.75) is 12.8 Å². The minimum absolute atomic E-state index is 0.0365. The second kappa shape index (κ2) is 6.25. The molecule has 0 aromatic heterocycles. The topological polar surface area (TPSA) is 55.1 Å². The molecule has 4 heteroatoms. The van der Waals surface area contributed by atoms with Crippen LogP contribution in [0.1, 0.15) is 12.0 Å². The van der Waals surface area contributed by atoms with Crippen LogP contribution in [0.3, 0.4) is 0 Å². The number of nitrogens with one attached hydrogen (secondary N) is 1. The molecule has 0 saturated heterocycles. The molecule has 3 N–H and O–H groups in total. The minimum atomic E-state index is -0.0365. The number of hydrogen-bond donors (Lipinski definition) is 2. The lowest BCUT2D eigenvalue weighted by Gasteiger charge is -2.07. The lowest BCUT2D eigenvalue weighted by atomic mass is 10.1. The zero-order valence-electron chi connectivity index (χ0n) is 10.4. The normalized spacial score (nSPS) is 10.2. The summed E-state index contributed by atoms with van der Waals surface area (Å²) in [5, 5.41) is 3.47. The van der Waals surface area contributed by atoms with E-state index in [0.717, 1.165) is 16.9 Å². The minimum Gasteiger partial charge on any atom is -0.399 e. The molecule has 0 heterocycles. The predicted molar refractivity (Wildman–Crippen MR) is 79.3 cm³/mol. The van der Waals surface area contributed by atoms with Gasteiger partial charge in [-0.25, -0.2) is 0 Å². The molecule has 2 aromatic carbocycles. The molecule has 0 atom stereocenters. The second-order valence-electron chi connectivity index (χ2n) is 4.25. The Hall–Kier alpha value is -2.00. The Bertz CT molecular complexity index is 567. The third kappa shape index (κ3) is 4.00. The van der Waals surface area contributed by atoms with E-state index in [4.69, 9.17) is 17.3 Å². The molecular weight excluding hydrogens is 260 g/mol. The Morgan fingerprint density at radius 2 is 1.79 bits per heavy atom. The van der Waals surface area contributed by atoms with Crippen molar-refractivity contribution >= 4 is 28.9 Å². The Labute approximate surface area is 117 Å². The number of para-hydroxylation sites is 1. The maximum Gasteiger partial charge on any atom is 0.224 e. The summed E-state index contributed by atoms with van der Waals surface area (Å²) >= 11 is 5.78. The van der Waals surface area contributed by atoms with E-state index < -0.39 is 0 Å². The molecule has 0 radical (unpaired) electrons. The van der Waals surface area contributed by atoms with Crippen molar-refractivity contribution in [2.75, 3.05) is 11.1 Å². The molecule has 0 unspecified atom stereocenters. The van der Waals surface area contributed by atoms with Gasteiger partial charge < -0.3 is 11.1 Å². The van der Waals surface area contributed by atoms with Gasteiger partial charge in [0.1, 0.15) is 0 Å². The summed E-state index contributed by atoms with van der Waals surface area (Å²) in [6, 6.07) is 14.6. The maximum absolute atomic E-state index is 11.8. The highest BCUT2D eigenvalue weighted by molar-refractivity contribution is 6.30. The van der Waals surface area contributed by atoms with Gasteiger partial charge in [0.25, 0.3) is 0 Å². The monoisotopic (exact) mass is 274 g/mol. The number of amides is 1. The summed E-state index contributed by atoms with van der Waals surface area (Å²) in [4.78, 5) is 11.8. The fraction of sp³-hybridized carbons (Fsp3) is 0.133. The number of nitrogen functional groups attached to an aromatic ring is 1. The molecule has 3 nitrogen and oxygen atoms in total. The summed E-state index contributed by atoms with van der Waals surface area (Å²) in [6.07, 6.45) is 1.03. The molecule has 1 amide bonds. The van der Waals surface area contributed by atoms with Gasteiger partial charge in [0, 0.05) is 22.8 Å². The number of nitrogens with two attached hydrogens (primary N) is 1. The van der Waals surface area contributed by atoms with Gasteiger partial charge in [-0.1, -0.05) is 29.8 Å². The van der Waals surface area contributed by atoms with Crippen molar-refractivity contribution in [3.63, 3.8) is 0 Å². The van der Waals surface area contributed by atoms with Crippen LogP contribution in [-0.4, -0.2) is 5.91 Å². The van der Waals surface area contributed by atoms with E-state index in [-0.39, 0.29) is 5.91 Å². The molecule has 0 saturated carbocycles. The SMILES string of the molecule is Nc1ccccc1CCC(=O)Nc1ccc(Cl)cc1. The van der Waals surface area contributed by atoms with Crippen LogP contribution in [0.15, 0.2) is 48.5 Å². The number of carbonyl (C=O) groups excluding carboxylic acids is 1. The number of anilines is 2. The smallest absolute Gasteiger partial charge is 0.224 e. The Balaban J connectivity index is 1.88. The number of hydrogen-bond acceptors (Lipinski definition) is 2. The van der Waals surface area contributed by atoms with Gasteiger partial charge in [-0.05, 0) is 42.3 Å². The molecular formula is C15H15ClN2O. The third-order valence-electron chi connectivity index (χ3n) is 2.80. The van der Waals surface area contributed by atoms with Crippen LogP contribution in [0.4, 0.5) is 11.4 Å². The first-order chi connectivity index (χ1) is 9.15. The van der Waals surface area contributed by atoms with Crippen molar-refractivity contribution < 1.29 is 4.79 Å². The third-order valence-corrected chi connectivity index (χ3v) is 3.06. The van der Waals surface area contributed by atoms with Crippen LogP contribution in [0.2, 0.25) is 5.02 Å². The summed E-state index contributed by atoms with van der Waals surface area (Å²) in [5.41, 5.74) is 8.29. The van der Waals surface area contributed by atoms with E-state index in [2.05, 4.69) is 5.32 Å². The van der Waals surface area contributed by atoms with Crippen LogP contribution in [0.25, 0.3) is 0 Å². The van der Waals surface area contributed by atoms with Gasteiger partial charge in [0.2, 0.25) is 5.91 Å². The van der Waals surface area contributed by atoms with Gasteiger partial charge in [0.15, 0.2) is 0 Å². The quantitative estimate of drug-likeness (QED) is 0.839. The van der Waals surface area contributed by atoms with Crippen molar-refractivity contribution in [3.8, 4) is 0 Å². The van der Waals surface area contributed by atoms with Crippen LogP contribution in [0, 0.1) is 0 Å². The van der Waals surface area contributed by atoms with E-state index in [1.807, 2.05) is 24.3 Å². The first kappa shape index (κ1) is 13.4. The Morgan fingerprint density at radius 1 is 1.11 bits per heavy atom. The van der Waals surface area contributed by atoms with Crippen molar-refractivity contribution in [2.24, 2.45) is 0 Å². The molecule has 0 aliphatic rings. The number of carbonyl (C=O) groups is 1. The highest BCUT2D eigenvalue weighted by Crippen LogP contribution is 2.15. The maximum atomic E-state index is 11.8. The largest absolute Gasteiger partial charge is 0.399 e. The molecule has 0 bridgehead atoms. The molecule has 19 heavy (non-hydrogen) atoms. The Morgan fingerprint density at radius 3 is 2.47 bits per heavy atom. The fourth-order valence-corrected chi connectivity index (χ4v) is 1.89.